The maximum absolute atomic E-state index is 12.9. The summed E-state index contributed by atoms with van der Waals surface area (Å²) in [4.78, 5) is 27.0. The first kappa shape index (κ1) is 12.9. The van der Waals surface area contributed by atoms with E-state index in [2.05, 4.69) is 15.0 Å². The molecule has 6 heteroatoms. The van der Waals surface area contributed by atoms with Gasteiger partial charge < -0.3 is 4.42 Å². The van der Waals surface area contributed by atoms with Gasteiger partial charge in [-0.25, -0.2) is 9.97 Å². The van der Waals surface area contributed by atoms with Gasteiger partial charge in [-0.05, 0) is 31.9 Å². The highest BCUT2D eigenvalue weighted by atomic mass is 16.4. The van der Waals surface area contributed by atoms with Gasteiger partial charge in [0.2, 0.25) is 0 Å². The Morgan fingerprint density at radius 3 is 2.86 bits per heavy atom. The number of carbonyl (C=O) groups excluding carboxylic acids is 1. The maximum atomic E-state index is 12.9. The highest BCUT2D eigenvalue weighted by Gasteiger charge is 2.38. The number of anilines is 1. The molecule has 0 atom stereocenters. The second-order valence-corrected chi connectivity index (χ2v) is 5.39. The summed E-state index contributed by atoms with van der Waals surface area (Å²) in [6, 6.07) is 7.98. The Kier molecular flexibility index (Phi) is 2.89. The monoisotopic (exact) mass is 294 g/mol. The Balaban J connectivity index is 1.78. The Labute approximate surface area is 126 Å². The number of fused-ring (bicyclic) bond motifs is 1. The van der Waals surface area contributed by atoms with Crippen molar-refractivity contribution < 1.29 is 9.21 Å². The molecule has 3 aromatic rings. The van der Waals surface area contributed by atoms with Crippen LogP contribution in [0.3, 0.4) is 0 Å². The molecule has 1 saturated carbocycles. The summed E-state index contributed by atoms with van der Waals surface area (Å²) < 4.78 is 5.77. The number of oxazole rings is 1. The number of aryl methyl sites for hydroxylation is 1. The van der Waals surface area contributed by atoms with E-state index in [0.29, 0.717) is 22.9 Å². The molecule has 1 aliphatic rings. The minimum absolute atomic E-state index is 0.139. The van der Waals surface area contributed by atoms with E-state index in [4.69, 9.17) is 4.42 Å². The highest BCUT2D eigenvalue weighted by molar-refractivity contribution is 6.06. The molecule has 6 nitrogen and oxygen atoms in total. The molecule has 0 bridgehead atoms. The number of hydrogen-bond acceptors (Lipinski definition) is 5. The molecule has 1 aromatic carbocycles. The van der Waals surface area contributed by atoms with Gasteiger partial charge in [0.1, 0.15) is 11.8 Å². The lowest BCUT2D eigenvalue weighted by Crippen LogP contribution is -2.34. The summed E-state index contributed by atoms with van der Waals surface area (Å²) in [7, 11) is 0. The lowest BCUT2D eigenvalue weighted by molar-refractivity contribution is 0.0979. The Hall–Kier alpha value is -2.76. The molecule has 110 valence electrons. The van der Waals surface area contributed by atoms with Gasteiger partial charge >= 0.3 is 6.01 Å². The van der Waals surface area contributed by atoms with Gasteiger partial charge in [-0.2, -0.15) is 4.98 Å². The van der Waals surface area contributed by atoms with Crippen LogP contribution in [0.15, 0.2) is 41.2 Å². The van der Waals surface area contributed by atoms with Crippen molar-refractivity contribution in [2.24, 2.45) is 0 Å². The molecule has 1 fully saturated rings. The third-order valence-corrected chi connectivity index (χ3v) is 3.76. The van der Waals surface area contributed by atoms with E-state index >= 15 is 0 Å². The Morgan fingerprint density at radius 2 is 2.14 bits per heavy atom. The third-order valence-electron chi connectivity index (χ3n) is 3.76. The van der Waals surface area contributed by atoms with Crippen LogP contribution in [0.1, 0.15) is 28.9 Å². The molecule has 0 saturated heterocycles. The lowest BCUT2D eigenvalue weighted by Gasteiger charge is -2.18. The molecule has 1 amide bonds. The average molecular weight is 294 g/mol. The van der Waals surface area contributed by atoms with Crippen LogP contribution in [0, 0.1) is 6.92 Å². The maximum Gasteiger partial charge on any atom is 0.305 e. The molecule has 0 spiro atoms. The summed E-state index contributed by atoms with van der Waals surface area (Å²) in [5.74, 6) is -0.160. The van der Waals surface area contributed by atoms with Crippen LogP contribution < -0.4 is 4.90 Å². The van der Waals surface area contributed by atoms with Crippen LogP contribution in [-0.4, -0.2) is 26.9 Å². The van der Waals surface area contributed by atoms with E-state index in [1.54, 1.807) is 18.0 Å². The number of aromatic nitrogens is 3. The first-order valence-corrected chi connectivity index (χ1v) is 7.20. The van der Waals surface area contributed by atoms with Gasteiger partial charge in [0.05, 0.1) is 11.3 Å². The Bertz CT molecular complexity index is 821. The number of rotatable bonds is 3. The lowest BCUT2D eigenvalue weighted by atomic mass is 10.2. The van der Waals surface area contributed by atoms with Crippen LogP contribution in [0.25, 0.3) is 11.1 Å². The molecular formula is C16H14N4O2. The summed E-state index contributed by atoms with van der Waals surface area (Å²) in [6.45, 7) is 1.80. The van der Waals surface area contributed by atoms with E-state index in [9.17, 15) is 4.79 Å². The van der Waals surface area contributed by atoms with Gasteiger partial charge in [0.15, 0.2) is 5.58 Å². The van der Waals surface area contributed by atoms with E-state index in [0.717, 1.165) is 18.4 Å². The first-order chi connectivity index (χ1) is 10.7. The fourth-order valence-corrected chi connectivity index (χ4v) is 2.44. The zero-order valence-corrected chi connectivity index (χ0v) is 12.1. The van der Waals surface area contributed by atoms with Gasteiger partial charge in [0, 0.05) is 12.2 Å². The predicted octanol–water partition coefficient (Wildman–Crippen LogP) is 2.74. The normalized spacial score (nSPS) is 14.2. The fourth-order valence-electron chi connectivity index (χ4n) is 2.44. The molecule has 0 N–H and O–H groups in total. The number of amides is 1. The van der Waals surface area contributed by atoms with Gasteiger partial charge in [-0.1, -0.05) is 12.1 Å². The zero-order chi connectivity index (χ0) is 15.1. The van der Waals surface area contributed by atoms with Crippen LogP contribution in [0.5, 0.6) is 0 Å². The van der Waals surface area contributed by atoms with Crippen molar-refractivity contribution in [2.45, 2.75) is 25.8 Å². The zero-order valence-electron chi connectivity index (χ0n) is 12.1. The molecule has 2 aromatic heterocycles. The smallest absolute Gasteiger partial charge is 0.305 e. The van der Waals surface area contributed by atoms with Gasteiger partial charge in [-0.3, -0.25) is 9.69 Å². The second kappa shape index (κ2) is 4.91. The standard InChI is InChI=1S/C16H14N4O2/c1-10-12(8-17-9-18-10)15(21)20(11-6-7-11)16-19-13-4-2-3-5-14(13)22-16/h2-5,8-9,11H,6-7H2,1H3. The van der Waals surface area contributed by atoms with Crippen molar-refractivity contribution in [3.05, 3.63) is 48.0 Å². The number of benzene rings is 1. The third kappa shape index (κ3) is 2.13. The van der Waals surface area contributed by atoms with Crippen LogP contribution >= 0.6 is 0 Å². The minimum atomic E-state index is -0.160. The molecule has 2 heterocycles. The highest BCUT2D eigenvalue weighted by Crippen LogP contribution is 2.34. The molecule has 22 heavy (non-hydrogen) atoms. The quantitative estimate of drug-likeness (QED) is 0.742. The fraction of sp³-hybridized carbons (Fsp3) is 0.250. The van der Waals surface area contributed by atoms with Crippen LogP contribution in [-0.2, 0) is 0 Å². The van der Waals surface area contributed by atoms with Crippen molar-refractivity contribution >= 4 is 23.0 Å². The van der Waals surface area contributed by atoms with E-state index < -0.39 is 0 Å². The van der Waals surface area contributed by atoms with Crippen LogP contribution in [0.2, 0.25) is 0 Å². The molecule has 0 aliphatic heterocycles. The second-order valence-electron chi connectivity index (χ2n) is 5.39. The summed E-state index contributed by atoms with van der Waals surface area (Å²) >= 11 is 0. The first-order valence-electron chi connectivity index (χ1n) is 7.20. The van der Waals surface area contributed by atoms with Crippen molar-refractivity contribution in [2.75, 3.05) is 4.90 Å². The van der Waals surface area contributed by atoms with Gasteiger partial charge in [-0.15, -0.1) is 0 Å². The summed E-state index contributed by atoms with van der Waals surface area (Å²) in [6.07, 6.45) is 4.89. The summed E-state index contributed by atoms with van der Waals surface area (Å²) in [5.41, 5.74) is 2.56. The Morgan fingerprint density at radius 1 is 1.32 bits per heavy atom. The predicted molar refractivity (Wildman–Crippen MR) is 80.6 cm³/mol. The van der Waals surface area contributed by atoms with Crippen LogP contribution in [0.4, 0.5) is 6.01 Å². The molecular weight excluding hydrogens is 280 g/mol. The van der Waals surface area contributed by atoms with Gasteiger partial charge in [0.25, 0.3) is 5.91 Å². The van der Waals surface area contributed by atoms with E-state index in [1.165, 1.54) is 6.33 Å². The molecule has 0 unspecified atom stereocenters. The molecule has 1 aliphatic carbocycles. The van der Waals surface area contributed by atoms with Crippen molar-refractivity contribution in [3.63, 3.8) is 0 Å². The van der Waals surface area contributed by atoms with E-state index in [1.807, 2.05) is 24.3 Å². The summed E-state index contributed by atoms with van der Waals surface area (Å²) in [5, 5.41) is 0. The number of para-hydroxylation sites is 2. The minimum Gasteiger partial charge on any atom is -0.423 e. The topological polar surface area (TPSA) is 72.1 Å². The number of nitrogens with zero attached hydrogens (tertiary/aromatic N) is 4. The molecule has 0 radical (unpaired) electrons. The van der Waals surface area contributed by atoms with Crippen molar-refractivity contribution in [1.29, 1.82) is 0 Å². The molecule has 4 rings (SSSR count). The largest absolute Gasteiger partial charge is 0.423 e. The number of hydrogen-bond donors (Lipinski definition) is 0. The van der Waals surface area contributed by atoms with E-state index in [-0.39, 0.29) is 11.9 Å². The number of carbonyl (C=O) groups is 1. The van der Waals surface area contributed by atoms with Crippen molar-refractivity contribution in [3.8, 4) is 0 Å². The SMILES string of the molecule is Cc1ncncc1C(=O)N(c1nc2ccccc2o1)C1CC1. The van der Waals surface area contributed by atoms with Crippen molar-refractivity contribution in [1.82, 2.24) is 15.0 Å². The average Bonchev–Trinajstić information content (AvgIpc) is 3.26.